The number of amides is 2. The standard InChI is InChI=1S/C17H17FN4O4S/c18-14-10-12(3-4-15(14)20-27(25)26)16(23)21-6-8-22(9-7-21)17(24)13-2-1-5-19-11-13/h1-5,10-11,20H,6-9H2,(H,25,26). The van der Waals surface area contributed by atoms with E-state index in [1.807, 2.05) is 4.72 Å². The molecule has 2 heterocycles. The van der Waals surface area contributed by atoms with Crippen molar-refractivity contribution in [2.75, 3.05) is 30.9 Å². The van der Waals surface area contributed by atoms with Crippen molar-refractivity contribution >= 4 is 28.8 Å². The molecule has 3 rings (SSSR count). The SMILES string of the molecule is O=C(c1cccnc1)N1CCN(C(=O)c2ccc(NS(=O)O)c(F)c2)CC1. The molecule has 1 aliphatic rings. The maximum atomic E-state index is 14.0. The Balaban J connectivity index is 1.62. The largest absolute Gasteiger partial charge is 0.335 e. The molecule has 1 aromatic heterocycles. The van der Waals surface area contributed by atoms with Gasteiger partial charge >= 0.3 is 0 Å². The van der Waals surface area contributed by atoms with Crippen LogP contribution < -0.4 is 4.72 Å². The Bertz CT molecular complexity index is 872. The molecule has 0 bridgehead atoms. The van der Waals surface area contributed by atoms with Gasteiger partial charge in [0.2, 0.25) is 0 Å². The number of pyridine rings is 1. The number of piperazine rings is 1. The smallest absolute Gasteiger partial charge is 0.259 e. The van der Waals surface area contributed by atoms with Crippen LogP contribution in [-0.2, 0) is 11.3 Å². The number of nitrogens with one attached hydrogen (secondary N) is 1. The van der Waals surface area contributed by atoms with Crippen LogP contribution in [0.5, 0.6) is 0 Å². The lowest BCUT2D eigenvalue weighted by Gasteiger charge is -2.34. The summed E-state index contributed by atoms with van der Waals surface area (Å²) in [4.78, 5) is 32.1. The molecule has 1 fully saturated rings. The highest BCUT2D eigenvalue weighted by Crippen LogP contribution is 2.18. The number of aromatic nitrogens is 1. The van der Waals surface area contributed by atoms with Gasteiger partial charge in [-0.3, -0.25) is 23.8 Å². The molecule has 2 N–H and O–H groups in total. The van der Waals surface area contributed by atoms with Crippen molar-refractivity contribution in [2.45, 2.75) is 0 Å². The fourth-order valence-corrected chi connectivity index (χ4v) is 3.15. The van der Waals surface area contributed by atoms with Crippen molar-refractivity contribution in [1.29, 1.82) is 0 Å². The normalized spacial score (nSPS) is 15.3. The van der Waals surface area contributed by atoms with Gasteiger partial charge in [-0.15, -0.1) is 0 Å². The van der Waals surface area contributed by atoms with E-state index in [-0.39, 0.29) is 23.1 Å². The molecule has 27 heavy (non-hydrogen) atoms. The highest BCUT2D eigenvalue weighted by molar-refractivity contribution is 7.80. The Kier molecular flexibility index (Phi) is 5.77. The zero-order valence-corrected chi connectivity index (χ0v) is 15.0. The first-order chi connectivity index (χ1) is 13.0. The predicted molar refractivity (Wildman–Crippen MR) is 96.8 cm³/mol. The molecule has 2 amide bonds. The van der Waals surface area contributed by atoms with Gasteiger partial charge in [0.25, 0.3) is 23.1 Å². The molecular weight excluding hydrogens is 375 g/mol. The third-order valence-corrected chi connectivity index (χ3v) is 4.57. The summed E-state index contributed by atoms with van der Waals surface area (Å²) in [6.07, 6.45) is 3.09. The van der Waals surface area contributed by atoms with Crippen molar-refractivity contribution < 1.29 is 22.7 Å². The third kappa shape index (κ3) is 4.47. The first-order valence-electron chi connectivity index (χ1n) is 8.11. The van der Waals surface area contributed by atoms with Crippen molar-refractivity contribution in [3.05, 3.63) is 59.7 Å². The number of carbonyl (C=O) groups excluding carboxylic acids is 2. The molecular formula is C17H17FN4O4S. The van der Waals surface area contributed by atoms with Crippen LogP contribution in [0.3, 0.4) is 0 Å². The highest BCUT2D eigenvalue weighted by Gasteiger charge is 2.26. The Morgan fingerprint density at radius 3 is 2.22 bits per heavy atom. The Morgan fingerprint density at radius 2 is 1.70 bits per heavy atom. The van der Waals surface area contributed by atoms with E-state index in [4.69, 9.17) is 4.55 Å². The molecule has 0 spiro atoms. The molecule has 1 atom stereocenters. The summed E-state index contributed by atoms with van der Waals surface area (Å²) in [5, 5.41) is 0. The Hall–Kier alpha value is -2.85. The number of nitrogens with zero attached hydrogens (tertiary/aromatic N) is 3. The fraction of sp³-hybridized carbons (Fsp3) is 0.235. The number of anilines is 1. The number of carbonyl (C=O) groups is 2. The maximum Gasteiger partial charge on any atom is 0.259 e. The van der Waals surface area contributed by atoms with Crippen LogP contribution in [0.25, 0.3) is 0 Å². The quantitative estimate of drug-likeness (QED) is 0.765. The number of hydrogen-bond acceptors (Lipinski definition) is 4. The highest BCUT2D eigenvalue weighted by atomic mass is 32.2. The van der Waals surface area contributed by atoms with Crippen LogP contribution in [0.4, 0.5) is 10.1 Å². The molecule has 2 aromatic rings. The monoisotopic (exact) mass is 392 g/mol. The second-order valence-corrected chi connectivity index (χ2v) is 6.57. The fourth-order valence-electron chi connectivity index (χ4n) is 2.79. The number of benzene rings is 1. The molecule has 10 heteroatoms. The molecule has 1 aromatic carbocycles. The summed E-state index contributed by atoms with van der Waals surface area (Å²) < 4.78 is 35.4. The summed E-state index contributed by atoms with van der Waals surface area (Å²) in [7, 11) is 0. The Labute approximate surface area is 157 Å². The molecule has 0 aliphatic carbocycles. The molecule has 0 radical (unpaired) electrons. The lowest BCUT2D eigenvalue weighted by molar-refractivity contribution is 0.0535. The van der Waals surface area contributed by atoms with E-state index in [1.54, 1.807) is 28.1 Å². The van der Waals surface area contributed by atoms with E-state index < -0.39 is 17.1 Å². The maximum absolute atomic E-state index is 14.0. The zero-order valence-electron chi connectivity index (χ0n) is 14.2. The van der Waals surface area contributed by atoms with Crippen LogP contribution in [0, 0.1) is 5.82 Å². The van der Waals surface area contributed by atoms with Crippen LogP contribution >= 0.6 is 0 Å². The first-order valence-corrected chi connectivity index (χ1v) is 9.22. The van der Waals surface area contributed by atoms with E-state index in [2.05, 4.69) is 4.98 Å². The van der Waals surface area contributed by atoms with Gasteiger partial charge in [0.05, 0.1) is 11.3 Å². The lowest BCUT2D eigenvalue weighted by Crippen LogP contribution is -2.50. The molecule has 1 aliphatic heterocycles. The topological polar surface area (TPSA) is 103 Å². The van der Waals surface area contributed by atoms with Crippen LogP contribution in [0.2, 0.25) is 0 Å². The molecule has 142 valence electrons. The summed E-state index contributed by atoms with van der Waals surface area (Å²) in [6.45, 7) is 1.39. The average Bonchev–Trinajstić information content (AvgIpc) is 2.69. The minimum atomic E-state index is -2.40. The average molecular weight is 392 g/mol. The zero-order chi connectivity index (χ0) is 19.4. The summed E-state index contributed by atoms with van der Waals surface area (Å²) in [5.74, 6) is -1.30. The van der Waals surface area contributed by atoms with E-state index >= 15 is 0 Å². The van der Waals surface area contributed by atoms with Gasteiger partial charge in [0.1, 0.15) is 5.82 Å². The molecule has 8 nitrogen and oxygen atoms in total. The second-order valence-electron chi connectivity index (χ2n) is 5.87. The predicted octanol–water partition coefficient (Wildman–Crippen LogP) is 1.37. The molecule has 1 unspecified atom stereocenters. The van der Waals surface area contributed by atoms with Gasteiger partial charge in [-0.1, -0.05) is 0 Å². The van der Waals surface area contributed by atoms with Gasteiger partial charge in [0, 0.05) is 44.1 Å². The lowest BCUT2D eigenvalue weighted by atomic mass is 10.1. The van der Waals surface area contributed by atoms with E-state index in [0.29, 0.717) is 31.7 Å². The first kappa shape index (κ1) is 18.9. The van der Waals surface area contributed by atoms with Crippen molar-refractivity contribution in [3.63, 3.8) is 0 Å². The van der Waals surface area contributed by atoms with Gasteiger partial charge in [0.15, 0.2) is 0 Å². The minimum absolute atomic E-state index is 0.133. The van der Waals surface area contributed by atoms with Crippen LogP contribution in [-0.4, -0.2) is 61.5 Å². The van der Waals surface area contributed by atoms with Crippen LogP contribution in [0.15, 0.2) is 42.7 Å². The second kappa shape index (κ2) is 8.23. The van der Waals surface area contributed by atoms with Gasteiger partial charge in [-0.2, -0.15) is 0 Å². The molecule has 0 saturated carbocycles. The van der Waals surface area contributed by atoms with Crippen LogP contribution in [0.1, 0.15) is 20.7 Å². The van der Waals surface area contributed by atoms with E-state index in [1.165, 1.54) is 18.3 Å². The summed E-state index contributed by atoms with van der Waals surface area (Å²) in [5.41, 5.74) is 0.455. The van der Waals surface area contributed by atoms with E-state index in [0.717, 1.165) is 6.07 Å². The van der Waals surface area contributed by atoms with Crippen molar-refractivity contribution in [2.24, 2.45) is 0 Å². The van der Waals surface area contributed by atoms with E-state index in [9.17, 15) is 18.2 Å². The molecule has 1 saturated heterocycles. The number of hydrogen-bond donors (Lipinski definition) is 2. The van der Waals surface area contributed by atoms with Gasteiger partial charge < -0.3 is 9.80 Å². The Morgan fingerprint density at radius 1 is 1.07 bits per heavy atom. The van der Waals surface area contributed by atoms with Crippen molar-refractivity contribution in [1.82, 2.24) is 14.8 Å². The van der Waals surface area contributed by atoms with Gasteiger partial charge in [-0.05, 0) is 30.3 Å². The van der Waals surface area contributed by atoms with Gasteiger partial charge in [-0.25, -0.2) is 8.60 Å². The van der Waals surface area contributed by atoms with Crippen molar-refractivity contribution in [3.8, 4) is 0 Å². The summed E-state index contributed by atoms with van der Waals surface area (Å²) >= 11 is -2.40. The number of halogens is 1. The summed E-state index contributed by atoms with van der Waals surface area (Å²) in [6, 6.07) is 7.01. The number of rotatable bonds is 4. The third-order valence-electron chi connectivity index (χ3n) is 4.18. The minimum Gasteiger partial charge on any atom is -0.335 e.